The lowest BCUT2D eigenvalue weighted by molar-refractivity contribution is -0.231. The van der Waals surface area contributed by atoms with Crippen LogP contribution in [0.25, 0.3) is 0 Å². The van der Waals surface area contributed by atoms with Crippen molar-refractivity contribution in [1.82, 2.24) is 9.80 Å². The van der Waals surface area contributed by atoms with Crippen LogP contribution in [-0.2, 0) is 9.47 Å². The molecule has 1 heterocycles. The molecule has 1 rings (SSSR count). The number of rotatable bonds is 7. The second-order valence-electron chi connectivity index (χ2n) is 4.95. The fraction of sp³-hybridized carbons (Fsp3) is 1.00. The van der Waals surface area contributed by atoms with E-state index in [0.717, 1.165) is 0 Å². The van der Waals surface area contributed by atoms with Gasteiger partial charge in [0, 0.05) is 39.9 Å². The molecule has 1 aliphatic rings. The van der Waals surface area contributed by atoms with Gasteiger partial charge < -0.3 is 9.47 Å². The molecule has 6 heteroatoms. The molecule has 0 aliphatic carbocycles. The fourth-order valence-corrected chi connectivity index (χ4v) is 2.31. The normalized spacial score (nSPS) is 22.8. The van der Waals surface area contributed by atoms with Gasteiger partial charge in [0.05, 0.1) is 13.2 Å². The van der Waals surface area contributed by atoms with Crippen LogP contribution in [0.4, 0.5) is 8.78 Å². The molecule has 1 atom stereocenters. The summed E-state index contributed by atoms with van der Waals surface area (Å²) in [6, 6.07) is -0.266. The summed E-state index contributed by atoms with van der Waals surface area (Å²) in [5.74, 6) is 0.123. The van der Waals surface area contributed by atoms with Gasteiger partial charge in [-0.25, -0.2) is 9.80 Å². The van der Waals surface area contributed by atoms with E-state index in [1.807, 2.05) is 13.8 Å². The fourth-order valence-electron chi connectivity index (χ4n) is 2.31. The van der Waals surface area contributed by atoms with Crippen molar-refractivity contribution in [3.8, 4) is 0 Å². The van der Waals surface area contributed by atoms with E-state index in [2.05, 4.69) is 0 Å². The van der Waals surface area contributed by atoms with Crippen molar-refractivity contribution in [2.24, 2.45) is 5.92 Å². The molecule has 0 aromatic carbocycles. The number of hydrogen-bond donors (Lipinski definition) is 0. The van der Waals surface area contributed by atoms with Gasteiger partial charge in [0.25, 0.3) is 0 Å². The largest absolute Gasteiger partial charge is 0.383 e. The second kappa shape index (κ2) is 6.75. The molecule has 1 unspecified atom stereocenters. The summed E-state index contributed by atoms with van der Waals surface area (Å²) in [5, 5.41) is 0. The molecule has 0 radical (unpaired) electrons. The zero-order valence-corrected chi connectivity index (χ0v) is 11.7. The van der Waals surface area contributed by atoms with Crippen LogP contribution in [0.3, 0.4) is 0 Å². The van der Waals surface area contributed by atoms with Crippen LogP contribution >= 0.6 is 0 Å². The maximum atomic E-state index is 14.3. The summed E-state index contributed by atoms with van der Waals surface area (Å²) in [6.07, 6.45) is -2.91. The molecule has 0 aromatic rings. The number of methoxy groups -OCH3 is 2. The molecule has 0 bridgehead atoms. The van der Waals surface area contributed by atoms with Crippen LogP contribution in [0.2, 0.25) is 0 Å². The van der Waals surface area contributed by atoms with E-state index >= 15 is 0 Å². The third-order valence-corrected chi connectivity index (χ3v) is 3.41. The third kappa shape index (κ3) is 3.38. The number of hydrogen-bond acceptors (Lipinski definition) is 4. The average molecular weight is 266 g/mol. The summed E-state index contributed by atoms with van der Waals surface area (Å²) in [6.45, 7) is 5.50. The SMILES string of the molecule is COCCN1CCN(C(COC)C(C)C)C1(F)F. The Balaban J connectivity index is 2.71. The molecule has 1 fully saturated rings. The highest BCUT2D eigenvalue weighted by Crippen LogP contribution is 2.33. The molecule has 0 aromatic heterocycles. The molecule has 4 nitrogen and oxygen atoms in total. The lowest BCUT2D eigenvalue weighted by Crippen LogP contribution is -2.53. The van der Waals surface area contributed by atoms with E-state index < -0.39 is 6.17 Å². The minimum absolute atomic E-state index is 0.123. The molecule has 1 saturated heterocycles. The van der Waals surface area contributed by atoms with E-state index in [1.165, 1.54) is 16.9 Å². The van der Waals surface area contributed by atoms with E-state index in [-0.39, 0.29) is 18.5 Å². The topological polar surface area (TPSA) is 24.9 Å². The second-order valence-corrected chi connectivity index (χ2v) is 4.95. The van der Waals surface area contributed by atoms with Gasteiger partial charge in [0.15, 0.2) is 0 Å². The van der Waals surface area contributed by atoms with E-state index in [0.29, 0.717) is 26.3 Å². The number of nitrogens with zero attached hydrogens (tertiary/aromatic N) is 2. The first kappa shape index (κ1) is 15.8. The predicted molar refractivity (Wildman–Crippen MR) is 65.6 cm³/mol. The summed E-state index contributed by atoms with van der Waals surface area (Å²) in [4.78, 5) is 2.42. The zero-order chi connectivity index (χ0) is 13.8. The maximum Gasteiger partial charge on any atom is 0.370 e. The van der Waals surface area contributed by atoms with Crippen LogP contribution in [0.1, 0.15) is 13.8 Å². The van der Waals surface area contributed by atoms with Gasteiger partial charge in [0.1, 0.15) is 0 Å². The van der Waals surface area contributed by atoms with Crippen LogP contribution in [-0.4, -0.2) is 69.1 Å². The zero-order valence-electron chi connectivity index (χ0n) is 11.7. The first-order valence-corrected chi connectivity index (χ1v) is 6.32. The number of halogens is 2. The van der Waals surface area contributed by atoms with Crippen molar-refractivity contribution < 1.29 is 18.3 Å². The van der Waals surface area contributed by atoms with Gasteiger partial charge in [0.2, 0.25) is 0 Å². The van der Waals surface area contributed by atoms with Gasteiger partial charge in [-0.05, 0) is 5.92 Å². The Morgan fingerprint density at radius 3 is 2.33 bits per heavy atom. The van der Waals surface area contributed by atoms with Crippen molar-refractivity contribution in [3.63, 3.8) is 0 Å². The smallest absolute Gasteiger partial charge is 0.370 e. The standard InChI is InChI=1S/C12H24F2N2O2/c1-10(2)11(9-18-4)16-6-5-15(7-8-17-3)12(16,13)14/h10-11H,5-9H2,1-4H3. The maximum absolute atomic E-state index is 14.3. The Bertz CT molecular complexity index is 252. The van der Waals surface area contributed by atoms with E-state index in [9.17, 15) is 8.78 Å². The Hall–Kier alpha value is -0.300. The highest BCUT2D eigenvalue weighted by Gasteiger charge is 2.51. The molecule has 108 valence electrons. The van der Waals surface area contributed by atoms with Gasteiger partial charge >= 0.3 is 6.17 Å². The molecule has 0 spiro atoms. The summed E-state index contributed by atoms with van der Waals surface area (Å²) in [5.41, 5.74) is 0. The van der Waals surface area contributed by atoms with Crippen molar-refractivity contribution in [2.45, 2.75) is 26.1 Å². The number of alkyl halides is 2. The molecule has 0 N–H and O–H groups in total. The third-order valence-electron chi connectivity index (χ3n) is 3.41. The monoisotopic (exact) mass is 266 g/mol. The highest BCUT2D eigenvalue weighted by molar-refractivity contribution is 4.87. The van der Waals surface area contributed by atoms with Gasteiger partial charge in [-0.1, -0.05) is 13.8 Å². The van der Waals surface area contributed by atoms with Crippen LogP contribution in [0.5, 0.6) is 0 Å². The minimum atomic E-state index is -2.91. The van der Waals surface area contributed by atoms with Crippen LogP contribution in [0.15, 0.2) is 0 Å². The molecule has 0 amide bonds. The van der Waals surface area contributed by atoms with Gasteiger partial charge in [-0.2, -0.15) is 8.78 Å². The average Bonchev–Trinajstić information content (AvgIpc) is 2.58. The van der Waals surface area contributed by atoms with Crippen molar-refractivity contribution in [1.29, 1.82) is 0 Å². The number of ether oxygens (including phenoxy) is 2. The predicted octanol–water partition coefficient (Wildman–Crippen LogP) is 1.47. The van der Waals surface area contributed by atoms with Crippen molar-refractivity contribution in [3.05, 3.63) is 0 Å². The van der Waals surface area contributed by atoms with Crippen molar-refractivity contribution >= 4 is 0 Å². The van der Waals surface area contributed by atoms with Gasteiger partial charge in [-0.15, -0.1) is 0 Å². The van der Waals surface area contributed by atoms with E-state index in [4.69, 9.17) is 9.47 Å². The quantitative estimate of drug-likeness (QED) is 0.652. The Kier molecular flexibility index (Phi) is 5.91. The van der Waals surface area contributed by atoms with Crippen molar-refractivity contribution in [2.75, 3.05) is 47.1 Å². The molecule has 18 heavy (non-hydrogen) atoms. The molecular formula is C12H24F2N2O2. The summed E-state index contributed by atoms with van der Waals surface area (Å²) >= 11 is 0. The molecular weight excluding hydrogens is 242 g/mol. The first-order valence-electron chi connectivity index (χ1n) is 6.32. The Labute approximate surface area is 108 Å². The Morgan fingerprint density at radius 2 is 1.83 bits per heavy atom. The first-order chi connectivity index (χ1) is 8.45. The lowest BCUT2D eigenvalue weighted by atomic mass is 10.0. The minimum Gasteiger partial charge on any atom is -0.383 e. The van der Waals surface area contributed by atoms with E-state index in [1.54, 1.807) is 7.11 Å². The Morgan fingerprint density at radius 1 is 1.17 bits per heavy atom. The summed E-state index contributed by atoms with van der Waals surface area (Å²) < 4.78 is 38.5. The van der Waals surface area contributed by atoms with Gasteiger partial charge in [-0.3, -0.25) is 0 Å². The lowest BCUT2D eigenvalue weighted by Gasteiger charge is -2.36. The molecule has 1 aliphatic heterocycles. The highest BCUT2D eigenvalue weighted by atomic mass is 19.3. The summed E-state index contributed by atoms with van der Waals surface area (Å²) in [7, 11) is 3.07. The van der Waals surface area contributed by atoms with Crippen LogP contribution in [0, 0.1) is 5.92 Å². The molecule has 0 saturated carbocycles. The van der Waals surface area contributed by atoms with Crippen LogP contribution < -0.4 is 0 Å².